The van der Waals surface area contributed by atoms with Gasteiger partial charge in [-0.25, -0.2) is 0 Å². The standard InChI is InChI=1S/C17H25NO4/c1-20-13-11-15(21-2)17(16(12-13)22-3)14(19)7-6-10-18-8-4-5-9-18/h11-12H,4-10H2,1-3H3/q+1. The Balaban J connectivity index is 2.06. The Morgan fingerprint density at radius 1 is 1.05 bits per heavy atom. The van der Waals surface area contributed by atoms with E-state index in [1.807, 2.05) is 0 Å². The van der Waals surface area contributed by atoms with Crippen LogP contribution in [-0.2, 0) is 0 Å². The van der Waals surface area contributed by atoms with Gasteiger partial charge in [0.05, 0.1) is 21.3 Å². The molecule has 0 aromatic heterocycles. The molecule has 1 radical (unpaired) electrons. The Labute approximate surface area is 132 Å². The van der Waals surface area contributed by atoms with Crippen molar-refractivity contribution in [2.75, 3.05) is 41.0 Å². The minimum atomic E-state index is 0.0514. The predicted molar refractivity (Wildman–Crippen MR) is 85.6 cm³/mol. The summed E-state index contributed by atoms with van der Waals surface area (Å²) in [7, 11) is 4.68. The van der Waals surface area contributed by atoms with E-state index in [0.717, 1.165) is 26.1 Å². The number of ether oxygens (including phenoxy) is 3. The second kappa shape index (κ2) is 8.03. The fourth-order valence-corrected chi connectivity index (χ4v) is 2.87. The second-order valence-electron chi connectivity index (χ2n) is 5.48. The summed E-state index contributed by atoms with van der Waals surface area (Å²) in [6.07, 6.45) is 3.90. The van der Waals surface area contributed by atoms with E-state index in [9.17, 15) is 4.79 Å². The van der Waals surface area contributed by atoms with E-state index in [4.69, 9.17) is 14.2 Å². The average molecular weight is 307 g/mol. The number of likely N-dealkylation sites (tertiary alicyclic amines) is 1. The number of methoxy groups -OCH3 is 3. The van der Waals surface area contributed by atoms with Crippen molar-refractivity contribution in [3.8, 4) is 17.2 Å². The highest BCUT2D eigenvalue weighted by Crippen LogP contribution is 2.35. The SMILES string of the molecule is COc1cc(OC)c(C(=O)CCC[N+]2CCCC2)c(OC)c1. The zero-order valence-corrected chi connectivity index (χ0v) is 13.7. The molecule has 121 valence electrons. The van der Waals surface area contributed by atoms with Crippen LogP contribution in [0.3, 0.4) is 0 Å². The third kappa shape index (κ3) is 3.91. The Morgan fingerprint density at radius 3 is 2.14 bits per heavy atom. The molecular weight excluding hydrogens is 282 g/mol. The van der Waals surface area contributed by atoms with Gasteiger partial charge in [0.2, 0.25) is 0 Å². The first kappa shape index (κ1) is 16.6. The van der Waals surface area contributed by atoms with E-state index < -0.39 is 0 Å². The van der Waals surface area contributed by atoms with Crippen molar-refractivity contribution in [3.63, 3.8) is 0 Å². The minimum absolute atomic E-state index is 0.0514. The number of carbonyl (C=O) groups is 1. The van der Waals surface area contributed by atoms with Gasteiger partial charge in [-0.3, -0.25) is 4.79 Å². The molecule has 0 aliphatic carbocycles. The fourth-order valence-electron chi connectivity index (χ4n) is 2.87. The Morgan fingerprint density at radius 2 is 1.64 bits per heavy atom. The van der Waals surface area contributed by atoms with Crippen molar-refractivity contribution >= 4 is 5.78 Å². The van der Waals surface area contributed by atoms with Gasteiger partial charge in [0.15, 0.2) is 5.78 Å². The van der Waals surface area contributed by atoms with Gasteiger partial charge in [0, 0.05) is 37.8 Å². The molecule has 0 atom stereocenters. The van der Waals surface area contributed by atoms with E-state index in [0.29, 0.717) is 29.2 Å². The molecule has 1 heterocycles. The van der Waals surface area contributed by atoms with Crippen LogP contribution in [0.2, 0.25) is 0 Å². The maximum Gasteiger partial charge on any atom is 0.170 e. The first-order valence-corrected chi connectivity index (χ1v) is 7.75. The summed E-state index contributed by atoms with van der Waals surface area (Å²) in [5.74, 6) is 1.67. The van der Waals surface area contributed by atoms with Gasteiger partial charge in [-0.1, -0.05) is 0 Å². The number of carbonyl (C=O) groups excluding carboxylic acids is 1. The number of hydrogen-bond donors (Lipinski definition) is 0. The van der Waals surface area contributed by atoms with E-state index in [-0.39, 0.29) is 5.78 Å². The molecule has 0 spiro atoms. The van der Waals surface area contributed by atoms with Crippen LogP contribution in [0.5, 0.6) is 17.2 Å². The number of benzene rings is 1. The van der Waals surface area contributed by atoms with Gasteiger partial charge in [0.1, 0.15) is 42.4 Å². The zero-order valence-electron chi connectivity index (χ0n) is 13.7. The van der Waals surface area contributed by atoms with Gasteiger partial charge in [-0.2, -0.15) is 4.90 Å². The first-order chi connectivity index (χ1) is 10.7. The monoisotopic (exact) mass is 307 g/mol. The van der Waals surface area contributed by atoms with E-state index in [1.54, 1.807) is 33.5 Å². The zero-order chi connectivity index (χ0) is 15.9. The summed E-state index contributed by atoms with van der Waals surface area (Å²) in [5, 5.41) is 0. The first-order valence-electron chi connectivity index (χ1n) is 7.75. The van der Waals surface area contributed by atoms with Crippen LogP contribution < -0.4 is 19.1 Å². The molecule has 0 N–H and O–H groups in total. The summed E-state index contributed by atoms with van der Waals surface area (Å²) in [4.78, 5) is 15.0. The smallest absolute Gasteiger partial charge is 0.170 e. The van der Waals surface area contributed by atoms with Crippen molar-refractivity contribution < 1.29 is 19.0 Å². The van der Waals surface area contributed by atoms with E-state index in [1.165, 1.54) is 12.8 Å². The molecule has 1 saturated heterocycles. The molecule has 1 aliphatic rings. The number of ketones is 1. The third-order valence-electron chi connectivity index (χ3n) is 4.07. The van der Waals surface area contributed by atoms with Gasteiger partial charge < -0.3 is 14.2 Å². The summed E-state index contributed by atoms with van der Waals surface area (Å²) < 4.78 is 15.9. The summed E-state index contributed by atoms with van der Waals surface area (Å²) in [5.41, 5.74) is 0.507. The maximum absolute atomic E-state index is 12.6. The fraction of sp³-hybridized carbons (Fsp3) is 0.588. The molecule has 1 fully saturated rings. The number of Topliss-reactive ketones (excluding diaryl/α,β-unsaturated/α-hetero) is 1. The summed E-state index contributed by atoms with van der Waals surface area (Å²) in [6, 6.07) is 3.44. The van der Waals surface area contributed by atoms with Crippen LogP contribution in [0.4, 0.5) is 0 Å². The topological polar surface area (TPSA) is 50.7 Å². The molecule has 5 nitrogen and oxygen atoms in total. The van der Waals surface area contributed by atoms with Gasteiger partial charge >= 0.3 is 0 Å². The van der Waals surface area contributed by atoms with Crippen LogP contribution in [0.1, 0.15) is 36.0 Å². The molecule has 2 rings (SSSR count). The normalized spacial score (nSPS) is 14.9. The molecule has 0 amide bonds. The average Bonchev–Trinajstić information content (AvgIpc) is 3.06. The largest absolute Gasteiger partial charge is 0.496 e. The quantitative estimate of drug-likeness (QED) is 0.547. The predicted octanol–water partition coefficient (Wildman–Crippen LogP) is 2.61. The van der Waals surface area contributed by atoms with Crippen molar-refractivity contribution in [1.82, 2.24) is 4.90 Å². The lowest BCUT2D eigenvalue weighted by atomic mass is 10.0. The molecule has 0 bridgehead atoms. The van der Waals surface area contributed by atoms with Crippen LogP contribution >= 0.6 is 0 Å². The molecule has 1 aromatic carbocycles. The Bertz CT molecular complexity index is 484. The Hall–Kier alpha value is -1.75. The van der Waals surface area contributed by atoms with Gasteiger partial charge in [-0.05, 0) is 0 Å². The van der Waals surface area contributed by atoms with Gasteiger partial charge in [-0.15, -0.1) is 0 Å². The van der Waals surface area contributed by atoms with Gasteiger partial charge in [0.25, 0.3) is 0 Å². The molecule has 5 heteroatoms. The highest BCUT2D eigenvalue weighted by molar-refractivity contribution is 6.01. The minimum Gasteiger partial charge on any atom is -0.496 e. The lowest BCUT2D eigenvalue weighted by Crippen LogP contribution is -2.27. The molecular formula is C17H25NO4+. The van der Waals surface area contributed by atoms with Crippen molar-refractivity contribution in [3.05, 3.63) is 17.7 Å². The molecule has 1 aromatic rings. The lowest BCUT2D eigenvalue weighted by Gasteiger charge is -2.14. The molecule has 22 heavy (non-hydrogen) atoms. The van der Waals surface area contributed by atoms with E-state index in [2.05, 4.69) is 4.90 Å². The Kier molecular flexibility index (Phi) is 6.07. The van der Waals surface area contributed by atoms with Crippen molar-refractivity contribution in [2.45, 2.75) is 25.7 Å². The molecule has 1 aliphatic heterocycles. The third-order valence-corrected chi connectivity index (χ3v) is 4.07. The van der Waals surface area contributed by atoms with Crippen molar-refractivity contribution in [2.24, 2.45) is 0 Å². The van der Waals surface area contributed by atoms with Crippen LogP contribution in [-0.4, -0.2) is 46.7 Å². The maximum atomic E-state index is 12.6. The van der Waals surface area contributed by atoms with Crippen LogP contribution in [0, 0.1) is 0 Å². The highest BCUT2D eigenvalue weighted by atomic mass is 16.5. The highest BCUT2D eigenvalue weighted by Gasteiger charge is 2.23. The summed E-state index contributed by atoms with van der Waals surface area (Å²) >= 11 is 0. The summed E-state index contributed by atoms with van der Waals surface area (Å²) in [6.45, 7) is 3.29. The lowest BCUT2D eigenvalue weighted by molar-refractivity contribution is 0.0972. The second-order valence-corrected chi connectivity index (χ2v) is 5.48. The van der Waals surface area contributed by atoms with Crippen LogP contribution in [0.15, 0.2) is 12.1 Å². The number of rotatable bonds is 8. The number of nitrogens with zero attached hydrogens (tertiary/aromatic N) is 1. The van der Waals surface area contributed by atoms with Crippen molar-refractivity contribution in [1.29, 1.82) is 0 Å². The molecule has 0 unspecified atom stereocenters. The number of hydrogen-bond acceptors (Lipinski definition) is 5. The molecule has 0 saturated carbocycles. The van der Waals surface area contributed by atoms with Crippen LogP contribution in [0.25, 0.3) is 0 Å². The van der Waals surface area contributed by atoms with E-state index >= 15 is 0 Å².